The number of nitrogens with one attached hydrogen (secondary N) is 2. The Morgan fingerprint density at radius 3 is 2.83 bits per heavy atom. The van der Waals surface area contributed by atoms with Crippen LogP contribution in [0.2, 0.25) is 0 Å². The van der Waals surface area contributed by atoms with E-state index in [2.05, 4.69) is 32.4 Å². The second-order valence-electron chi connectivity index (χ2n) is 7.17. The normalized spacial score (nSPS) is 17.5. The summed E-state index contributed by atoms with van der Waals surface area (Å²) in [5.41, 5.74) is 0. The molecule has 2 aliphatic rings. The zero-order valence-corrected chi connectivity index (χ0v) is 18.2. The van der Waals surface area contributed by atoms with Gasteiger partial charge in [0.2, 0.25) is 5.91 Å². The van der Waals surface area contributed by atoms with Crippen molar-refractivity contribution in [3.63, 3.8) is 0 Å². The number of carbonyl (C=O) groups is 2. The number of rotatable bonds is 12. The number of thioether (sulfide) groups is 1. The lowest BCUT2D eigenvalue weighted by molar-refractivity contribution is -0.118. The SMILES string of the molecule is COC(=O)NCCSCC(=O)NCCCOC1=C[C](CN2CCCCC2)CC=C1.[HH].[HH]. The number of amides is 2. The summed E-state index contributed by atoms with van der Waals surface area (Å²) in [5.74, 6) is 3.39. The molecule has 0 bridgehead atoms. The summed E-state index contributed by atoms with van der Waals surface area (Å²) in [4.78, 5) is 25.2. The Morgan fingerprint density at radius 2 is 2.03 bits per heavy atom. The van der Waals surface area contributed by atoms with Crippen LogP contribution in [0.25, 0.3) is 0 Å². The highest BCUT2D eigenvalue weighted by Gasteiger charge is 2.17. The fourth-order valence-corrected chi connectivity index (χ4v) is 3.92. The number of hydrogen-bond donors (Lipinski definition) is 2. The zero-order chi connectivity index (χ0) is 20.7. The van der Waals surface area contributed by atoms with E-state index in [0.717, 1.165) is 25.1 Å². The molecule has 8 heteroatoms. The maximum Gasteiger partial charge on any atom is 0.406 e. The minimum absolute atomic E-state index is 0. The van der Waals surface area contributed by atoms with Crippen molar-refractivity contribution in [1.29, 1.82) is 0 Å². The summed E-state index contributed by atoms with van der Waals surface area (Å²) in [6, 6.07) is 0. The van der Waals surface area contributed by atoms with Gasteiger partial charge in [-0.2, -0.15) is 11.8 Å². The van der Waals surface area contributed by atoms with Gasteiger partial charge in [0, 0.05) is 34.2 Å². The van der Waals surface area contributed by atoms with E-state index in [1.807, 2.05) is 6.08 Å². The molecule has 0 aromatic heterocycles. The van der Waals surface area contributed by atoms with Crippen LogP contribution in [0.5, 0.6) is 0 Å². The molecule has 1 aliphatic carbocycles. The number of piperidine rings is 1. The van der Waals surface area contributed by atoms with E-state index in [0.29, 0.717) is 31.2 Å². The van der Waals surface area contributed by atoms with E-state index in [1.54, 1.807) is 0 Å². The zero-order valence-electron chi connectivity index (χ0n) is 17.4. The van der Waals surface area contributed by atoms with E-state index in [-0.39, 0.29) is 8.76 Å². The van der Waals surface area contributed by atoms with Crippen LogP contribution < -0.4 is 10.6 Å². The molecule has 1 saturated heterocycles. The predicted molar refractivity (Wildman–Crippen MR) is 121 cm³/mol. The third kappa shape index (κ3) is 10.6. The molecule has 7 nitrogen and oxygen atoms in total. The number of carbonyl (C=O) groups excluding carboxylic acids is 2. The van der Waals surface area contributed by atoms with E-state index < -0.39 is 6.09 Å². The summed E-state index contributed by atoms with van der Waals surface area (Å²) < 4.78 is 10.3. The number of likely N-dealkylation sites (tertiary alicyclic amines) is 1. The molecule has 0 aromatic rings. The smallest absolute Gasteiger partial charge is 0.406 e. The molecule has 0 saturated carbocycles. The van der Waals surface area contributed by atoms with Gasteiger partial charge in [-0.1, -0.05) is 12.5 Å². The van der Waals surface area contributed by atoms with Gasteiger partial charge in [-0.05, 0) is 50.9 Å². The van der Waals surface area contributed by atoms with Gasteiger partial charge in [0.15, 0.2) is 0 Å². The second kappa shape index (κ2) is 14.3. The van der Waals surface area contributed by atoms with Crippen molar-refractivity contribution >= 4 is 23.8 Å². The molecule has 2 amide bonds. The Bertz CT molecular complexity index is 573. The third-order valence-corrected chi connectivity index (χ3v) is 5.69. The summed E-state index contributed by atoms with van der Waals surface area (Å²) in [6.45, 7) is 5.12. The molecule has 0 spiro atoms. The first-order chi connectivity index (χ1) is 14.2. The molecule has 0 unspecified atom stereocenters. The van der Waals surface area contributed by atoms with Crippen molar-refractivity contribution in [3.05, 3.63) is 29.9 Å². The standard InChI is InChI=1S/C21H34N3O4S.2H2/c1-27-21(26)23-10-14-29-17-20(25)22-9-6-13-28-19-8-5-7-18(15-19)16-24-11-3-2-4-12-24;;/h5,8,15H,2-4,6-7,9-14,16-17H2,1H3,(H,22,25)(H,23,26);2*1H. The minimum Gasteiger partial charge on any atom is -0.494 e. The summed E-state index contributed by atoms with van der Waals surface area (Å²) in [5, 5.41) is 5.47. The number of ether oxygens (including phenoxy) is 2. The number of allylic oxidation sites excluding steroid dienone is 2. The Balaban J connectivity index is 0.00000450. The maximum atomic E-state index is 11.8. The predicted octanol–water partition coefficient (Wildman–Crippen LogP) is 2.99. The molecule has 1 aliphatic heterocycles. The van der Waals surface area contributed by atoms with E-state index in [9.17, 15) is 9.59 Å². The Morgan fingerprint density at radius 1 is 1.21 bits per heavy atom. The lowest BCUT2D eigenvalue weighted by Crippen LogP contribution is -2.33. The first kappa shape index (κ1) is 23.6. The minimum atomic E-state index is -0.450. The quantitative estimate of drug-likeness (QED) is 0.465. The van der Waals surface area contributed by atoms with E-state index >= 15 is 0 Å². The van der Waals surface area contributed by atoms with Crippen LogP contribution in [0.4, 0.5) is 4.79 Å². The van der Waals surface area contributed by atoms with Gasteiger partial charge in [0.1, 0.15) is 5.76 Å². The average molecular weight is 429 g/mol. The molecule has 2 rings (SSSR count). The van der Waals surface area contributed by atoms with Gasteiger partial charge in [0.25, 0.3) is 0 Å². The van der Waals surface area contributed by atoms with E-state index in [4.69, 9.17) is 4.74 Å². The third-order valence-electron chi connectivity index (χ3n) is 4.73. The molecule has 0 aromatic carbocycles. The fraction of sp³-hybridized carbons (Fsp3) is 0.667. The van der Waals surface area contributed by atoms with Gasteiger partial charge in [-0.3, -0.25) is 4.79 Å². The molecule has 1 heterocycles. The summed E-state index contributed by atoms with van der Waals surface area (Å²) in [7, 11) is 1.33. The summed E-state index contributed by atoms with van der Waals surface area (Å²) >= 11 is 1.48. The number of methoxy groups -OCH3 is 1. The molecular formula is C21H38N3O4S. The molecule has 0 atom stereocenters. The van der Waals surface area contributed by atoms with Crippen LogP contribution in [0.15, 0.2) is 24.0 Å². The van der Waals surface area contributed by atoms with Crippen molar-refractivity contribution < 1.29 is 21.9 Å². The van der Waals surface area contributed by atoms with E-state index in [1.165, 1.54) is 57.1 Å². The molecule has 29 heavy (non-hydrogen) atoms. The molecule has 1 fully saturated rings. The van der Waals surface area contributed by atoms with Crippen molar-refractivity contribution in [1.82, 2.24) is 15.5 Å². The Hall–Kier alpha value is -1.67. The topological polar surface area (TPSA) is 79.9 Å². The van der Waals surface area contributed by atoms with Crippen LogP contribution in [0.3, 0.4) is 0 Å². The van der Waals surface area contributed by atoms with Crippen LogP contribution in [0, 0.1) is 5.92 Å². The van der Waals surface area contributed by atoms with Crippen LogP contribution >= 0.6 is 11.8 Å². The van der Waals surface area contributed by atoms with Crippen molar-refractivity contribution in [2.45, 2.75) is 32.1 Å². The molecule has 1 radical (unpaired) electrons. The Kier molecular flexibility index (Phi) is 11.7. The van der Waals surface area contributed by atoms with Crippen LogP contribution in [-0.4, -0.2) is 74.8 Å². The van der Waals surface area contributed by atoms with Crippen LogP contribution in [0.1, 0.15) is 35.0 Å². The molecular weight excluding hydrogens is 390 g/mol. The van der Waals surface area contributed by atoms with Crippen molar-refractivity contribution in [2.24, 2.45) is 0 Å². The van der Waals surface area contributed by atoms with Gasteiger partial charge in [0.05, 0.1) is 19.5 Å². The highest BCUT2D eigenvalue weighted by atomic mass is 32.2. The van der Waals surface area contributed by atoms with Gasteiger partial charge < -0.3 is 25.0 Å². The van der Waals surface area contributed by atoms with Crippen molar-refractivity contribution in [3.8, 4) is 0 Å². The molecule has 167 valence electrons. The number of nitrogens with zero attached hydrogens (tertiary/aromatic N) is 1. The fourth-order valence-electron chi connectivity index (χ4n) is 3.24. The van der Waals surface area contributed by atoms with Gasteiger partial charge in [-0.25, -0.2) is 4.79 Å². The van der Waals surface area contributed by atoms with Gasteiger partial charge >= 0.3 is 6.09 Å². The molecule has 2 N–H and O–H groups in total. The van der Waals surface area contributed by atoms with Crippen LogP contribution in [-0.2, 0) is 14.3 Å². The average Bonchev–Trinajstić information content (AvgIpc) is 2.74. The lowest BCUT2D eigenvalue weighted by atomic mass is 9.98. The number of alkyl carbamates (subject to hydrolysis) is 1. The first-order valence-corrected chi connectivity index (χ1v) is 11.6. The largest absolute Gasteiger partial charge is 0.494 e. The monoisotopic (exact) mass is 428 g/mol. The second-order valence-corrected chi connectivity index (χ2v) is 8.28. The number of hydrogen-bond acceptors (Lipinski definition) is 6. The highest BCUT2D eigenvalue weighted by Crippen LogP contribution is 2.22. The van der Waals surface area contributed by atoms with Gasteiger partial charge in [-0.15, -0.1) is 0 Å². The Labute approximate surface area is 181 Å². The lowest BCUT2D eigenvalue weighted by Gasteiger charge is -2.29. The highest BCUT2D eigenvalue weighted by molar-refractivity contribution is 7.99. The summed E-state index contributed by atoms with van der Waals surface area (Å²) in [6.07, 6.45) is 11.7. The van der Waals surface area contributed by atoms with Crippen molar-refractivity contribution in [2.75, 3.05) is 57.9 Å². The first-order valence-electron chi connectivity index (χ1n) is 10.4. The maximum absolute atomic E-state index is 11.8.